The molecule has 0 spiro atoms. The van der Waals surface area contributed by atoms with Gasteiger partial charge in [-0.15, -0.1) is 0 Å². The SMILES string of the molecule is N#Cc1c(-c2cccc(Br)c2)cc(=O)[nH]c1O. The number of aromatic amines is 1. The second-order valence-corrected chi connectivity index (χ2v) is 4.31. The standard InChI is InChI=1S/C12H7BrN2O2/c13-8-3-1-2-7(4-8)9-5-11(16)15-12(17)10(9)6-14/h1-5H,(H2,15,16,17). The van der Waals surface area contributed by atoms with E-state index in [-0.39, 0.29) is 5.56 Å². The topological polar surface area (TPSA) is 76.9 Å². The van der Waals surface area contributed by atoms with Gasteiger partial charge >= 0.3 is 0 Å². The quantitative estimate of drug-likeness (QED) is 0.846. The molecule has 84 valence electrons. The third-order valence-corrected chi connectivity index (χ3v) is 2.76. The molecule has 5 heteroatoms. The number of H-pyrrole nitrogens is 1. The molecule has 1 aromatic carbocycles. The van der Waals surface area contributed by atoms with E-state index in [1.54, 1.807) is 18.2 Å². The van der Waals surface area contributed by atoms with E-state index in [9.17, 15) is 9.90 Å². The van der Waals surface area contributed by atoms with Crippen molar-refractivity contribution < 1.29 is 5.11 Å². The van der Waals surface area contributed by atoms with Crippen LogP contribution in [0.3, 0.4) is 0 Å². The van der Waals surface area contributed by atoms with E-state index in [0.717, 1.165) is 4.47 Å². The summed E-state index contributed by atoms with van der Waals surface area (Å²) < 4.78 is 0.832. The van der Waals surface area contributed by atoms with Crippen LogP contribution in [0.2, 0.25) is 0 Å². The normalized spacial score (nSPS) is 9.88. The highest BCUT2D eigenvalue weighted by Gasteiger charge is 2.11. The zero-order valence-corrected chi connectivity index (χ0v) is 10.2. The zero-order chi connectivity index (χ0) is 12.4. The Balaban J connectivity index is 2.76. The number of pyridine rings is 1. The minimum absolute atomic E-state index is 0.0581. The van der Waals surface area contributed by atoms with Crippen molar-refractivity contribution in [1.82, 2.24) is 4.98 Å². The van der Waals surface area contributed by atoms with E-state index >= 15 is 0 Å². The van der Waals surface area contributed by atoms with Gasteiger partial charge in [-0.25, -0.2) is 0 Å². The monoisotopic (exact) mass is 290 g/mol. The highest BCUT2D eigenvalue weighted by molar-refractivity contribution is 9.10. The summed E-state index contributed by atoms with van der Waals surface area (Å²) in [5.41, 5.74) is 0.714. The largest absolute Gasteiger partial charge is 0.494 e. The summed E-state index contributed by atoms with van der Waals surface area (Å²) >= 11 is 3.31. The second kappa shape index (κ2) is 4.44. The molecule has 0 amide bonds. The number of nitriles is 1. The molecule has 17 heavy (non-hydrogen) atoms. The maximum absolute atomic E-state index is 11.3. The Bertz CT molecular complexity index is 671. The number of hydrogen-bond donors (Lipinski definition) is 2. The van der Waals surface area contributed by atoms with Crippen molar-refractivity contribution in [3.8, 4) is 23.1 Å². The molecule has 1 aromatic heterocycles. The molecule has 2 aromatic rings. The molecule has 1 heterocycles. The number of aromatic nitrogens is 1. The Morgan fingerprint density at radius 1 is 1.35 bits per heavy atom. The maximum Gasteiger partial charge on any atom is 0.251 e. The molecule has 0 aliphatic heterocycles. The Morgan fingerprint density at radius 2 is 2.12 bits per heavy atom. The van der Waals surface area contributed by atoms with E-state index < -0.39 is 11.4 Å². The van der Waals surface area contributed by atoms with Crippen LogP contribution in [0.4, 0.5) is 0 Å². The van der Waals surface area contributed by atoms with Crippen LogP contribution in [0.25, 0.3) is 11.1 Å². The number of halogens is 1. The summed E-state index contributed by atoms with van der Waals surface area (Å²) in [6.07, 6.45) is 0. The zero-order valence-electron chi connectivity index (χ0n) is 8.57. The first-order valence-corrected chi connectivity index (χ1v) is 5.53. The van der Waals surface area contributed by atoms with Crippen LogP contribution >= 0.6 is 15.9 Å². The number of rotatable bonds is 1. The molecule has 0 saturated carbocycles. The van der Waals surface area contributed by atoms with Crippen LogP contribution in [0.15, 0.2) is 39.6 Å². The number of benzene rings is 1. The lowest BCUT2D eigenvalue weighted by Crippen LogP contribution is -2.06. The first-order valence-electron chi connectivity index (χ1n) is 4.74. The van der Waals surface area contributed by atoms with Crippen molar-refractivity contribution in [1.29, 1.82) is 5.26 Å². The van der Waals surface area contributed by atoms with Crippen LogP contribution in [0.5, 0.6) is 5.88 Å². The van der Waals surface area contributed by atoms with Crippen LogP contribution in [0, 0.1) is 11.3 Å². The molecule has 0 aliphatic rings. The smallest absolute Gasteiger partial charge is 0.251 e. The fourth-order valence-corrected chi connectivity index (χ4v) is 1.94. The number of aromatic hydroxyl groups is 1. The van der Waals surface area contributed by atoms with Crippen molar-refractivity contribution in [2.24, 2.45) is 0 Å². The van der Waals surface area contributed by atoms with E-state index in [0.29, 0.717) is 11.1 Å². The van der Waals surface area contributed by atoms with Crippen molar-refractivity contribution in [3.05, 3.63) is 50.7 Å². The molecule has 0 fully saturated rings. The Hall–Kier alpha value is -2.06. The minimum atomic E-state index is -0.448. The second-order valence-electron chi connectivity index (χ2n) is 3.39. The molecule has 0 saturated heterocycles. The predicted molar refractivity (Wildman–Crippen MR) is 66.6 cm³/mol. The number of hydrogen-bond acceptors (Lipinski definition) is 3. The summed E-state index contributed by atoms with van der Waals surface area (Å²) in [6, 6.07) is 10.3. The predicted octanol–water partition coefficient (Wildman–Crippen LogP) is 2.38. The lowest BCUT2D eigenvalue weighted by Gasteiger charge is -2.05. The van der Waals surface area contributed by atoms with Gasteiger partial charge in [0.1, 0.15) is 11.6 Å². The summed E-state index contributed by atoms with van der Waals surface area (Å²) in [5.74, 6) is -0.407. The Kier molecular flexibility index (Phi) is 2.98. The summed E-state index contributed by atoms with van der Waals surface area (Å²) in [6.45, 7) is 0. The number of nitrogens with one attached hydrogen (secondary N) is 1. The van der Waals surface area contributed by atoms with E-state index in [1.165, 1.54) is 6.07 Å². The van der Waals surface area contributed by atoms with Crippen molar-refractivity contribution in [2.75, 3.05) is 0 Å². The highest BCUT2D eigenvalue weighted by atomic mass is 79.9. The molecule has 0 aliphatic carbocycles. The van der Waals surface area contributed by atoms with Gasteiger partial charge in [-0.1, -0.05) is 28.1 Å². The van der Waals surface area contributed by atoms with Crippen LogP contribution in [-0.2, 0) is 0 Å². The lowest BCUT2D eigenvalue weighted by atomic mass is 10.0. The van der Waals surface area contributed by atoms with E-state index in [2.05, 4.69) is 20.9 Å². The molecule has 0 unspecified atom stereocenters. The van der Waals surface area contributed by atoms with Gasteiger partial charge in [-0.2, -0.15) is 5.26 Å². The van der Waals surface area contributed by atoms with Gasteiger partial charge < -0.3 is 5.11 Å². The highest BCUT2D eigenvalue weighted by Crippen LogP contribution is 2.28. The average Bonchev–Trinajstić information content (AvgIpc) is 2.28. The summed E-state index contributed by atoms with van der Waals surface area (Å²) in [5, 5.41) is 18.5. The summed E-state index contributed by atoms with van der Waals surface area (Å²) in [4.78, 5) is 13.5. The molecular formula is C12H7BrN2O2. The fourth-order valence-electron chi connectivity index (χ4n) is 1.54. The minimum Gasteiger partial charge on any atom is -0.494 e. The van der Waals surface area contributed by atoms with Gasteiger partial charge in [0.25, 0.3) is 5.56 Å². The van der Waals surface area contributed by atoms with E-state index in [1.807, 2.05) is 12.1 Å². The van der Waals surface area contributed by atoms with E-state index in [4.69, 9.17) is 5.26 Å². The van der Waals surface area contributed by atoms with Gasteiger partial charge in [0.05, 0.1) is 0 Å². The molecule has 0 atom stereocenters. The molecule has 2 N–H and O–H groups in total. The molecule has 0 radical (unpaired) electrons. The van der Waals surface area contributed by atoms with Gasteiger partial charge in [-0.3, -0.25) is 9.78 Å². The van der Waals surface area contributed by atoms with Crippen LogP contribution < -0.4 is 5.56 Å². The molecule has 2 rings (SSSR count). The lowest BCUT2D eigenvalue weighted by molar-refractivity contribution is 0.450. The van der Waals surface area contributed by atoms with Crippen LogP contribution in [-0.4, -0.2) is 10.1 Å². The van der Waals surface area contributed by atoms with Crippen molar-refractivity contribution in [2.45, 2.75) is 0 Å². The number of nitrogens with zero attached hydrogens (tertiary/aromatic N) is 1. The molecular weight excluding hydrogens is 284 g/mol. The molecule has 4 nitrogen and oxygen atoms in total. The van der Waals surface area contributed by atoms with Crippen molar-refractivity contribution in [3.63, 3.8) is 0 Å². The Labute approximate surface area is 105 Å². The Morgan fingerprint density at radius 3 is 2.76 bits per heavy atom. The van der Waals surface area contributed by atoms with Crippen LogP contribution in [0.1, 0.15) is 5.56 Å². The summed E-state index contributed by atoms with van der Waals surface area (Å²) in [7, 11) is 0. The first-order chi connectivity index (χ1) is 8.11. The van der Waals surface area contributed by atoms with Gasteiger partial charge in [-0.05, 0) is 17.7 Å². The average molecular weight is 291 g/mol. The molecule has 0 bridgehead atoms. The first kappa shape index (κ1) is 11.4. The fraction of sp³-hybridized carbons (Fsp3) is 0. The van der Waals surface area contributed by atoms with Gasteiger partial charge in [0, 0.05) is 16.1 Å². The third kappa shape index (κ3) is 2.22. The van der Waals surface area contributed by atoms with Gasteiger partial charge in [0.15, 0.2) is 0 Å². The third-order valence-electron chi connectivity index (χ3n) is 2.27. The maximum atomic E-state index is 11.3. The van der Waals surface area contributed by atoms with Crippen molar-refractivity contribution >= 4 is 15.9 Å². The van der Waals surface area contributed by atoms with Gasteiger partial charge in [0.2, 0.25) is 5.88 Å².